The number of carbonyl (C=O) groups excluding carboxylic acids is 1. The number of pyridine rings is 1. The fraction of sp³-hybridized carbons (Fsp3) is 0.412. The summed E-state index contributed by atoms with van der Waals surface area (Å²) in [5.74, 6) is 1.44. The van der Waals surface area contributed by atoms with E-state index >= 15 is 0 Å². The van der Waals surface area contributed by atoms with Gasteiger partial charge in [0.05, 0.1) is 5.56 Å². The van der Waals surface area contributed by atoms with E-state index in [2.05, 4.69) is 20.3 Å². The minimum atomic E-state index is -0.495. The van der Waals surface area contributed by atoms with Gasteiger partial charge in [0.1, 0.15) is 11.4 Å². The van der Waals surface area contributed by atoms with E-state index in [9.17, 15) is 4.79 Å². The van der Waals surface area contributed by atoms with Crippen LogP contribution in [-0.4, -0.2) is 39.4 Å². The van der Waals surface area contributed by atoms with Gasteiger partial charge in [0.25, 0.3) is 5.91 Å². The van der Waals surface area contributed by atoms with Gasteiger partial charge in [-0.2, -0.15) is 0 Å². The van der Waals surface area contributed by atoms with Crippen LogP contribution in [0.25, 0.3) is 0 Å². The van der Waals surface area contributed by atoms with E-state index in [1.165, 1.54) is 0 Å². The van der Waals surface area contributed by atoms with E-state index in [4.69, 9.17) is 0 Å². The lowest BCUT2D eigenvalue weighted by molar-refractivity contribution is 0.0603. The van der Waals surface area contributed by atoms with Crippen molar-refractivity contribution in [3.05, 3.63) is 47.7 Å². The molecule has 1 aliphatic rings. The Hall–Kier alpha value is -2.50. The van der Waals surface area contributed by atoms with E-state index in [0.29, 0.717) is 17.9 Å². The van der Waals surface area contributed by atoms with Crippen molar-refractivity contribution in [2.45, 2.75) is 32.2 Å². The molecule has 1 atom stereocenters. The molecule has 1 saturated heterocycles. The van der Waals surface area contributed by atoms with Crippen LogP contribution >= 0.6 is 0 Å². The fourth-order valence-electron chi connectivity index (χ4n) is 3.10. The number of hydrogen-bond donors (Lipinski definition) is 1. The van der Waals surface area contributed by atoms with Crippen molar-refractivity contribution in [2.24, 2.45) is 0 Å². The number of anilines is 1. The molecule has 1 fully saturated rings. The highest BCUT2D eigenvalue weighted by atomic mass is 16.2. The molecule has 0 bridgehead atoms. The molecule has 6 heteroatoms. The summed E-state index contributed by atoms with van der Waals surface area (Å²) in [7, 11) is 1.83. The van der Waals surface area contributed by atoms with Crippen LogP contribution in [0.3, 0.4) is 0 Å². The van der Waals surface area contributed by atoms with Crippen molar-refractivity contribution in [1.29, 1.82) is 0 Å². The van der Waals surface area contributed by atoms with Crippen LogP contribution in [0, 0.1) is 6.92 Å². The topological polar surface area (TPSA) is 71.0 Å². The molecule has 0 aromatic carbocycles. The molecule has 1 unspecified atom stereocenters. The van der Waals surface area contributed by atoms with Gasteiger partial charge in [0.15, 0.2) is 5.82 Å². The Kier molecular flexibility index (Phi) is 3.98. The maximum absolute atomic E-state index is 12.9. The highest BCUT2D eigenvalue weighted by Gasteiger charge is 2.43. The van der Waals surface area contributed by atoms with Crippen molar-refractivity contribution in [3.8, 4) is 0 Å². The van der Waals surface area contributed by atoms with E-state index in [1.54, 1.807) is 24.5 Å². The lowest BCUT2D eigenvalue weighted by Gasteiger charge is -2.34. The Morgan fingerprint density at radius 2 is 2.22 bits per heavy atom. The second-order valence-electron chi connectivity index (χ2n) is 6.04. The summed E-state index contributed by atoms with van der Waals surface area (Å²) < 4.78 is 0. The predicted molar refractivity (Wildman–Crippen MR) is 88.2 cm³/mol. The molecule has 0 spiro atoms. The minimum Gasteiger partial charge on any atom is -0.373 e. The smallest absolute Gasteiger partial charge is 0.256 e. The molecule has 120 valence electrons. The first-order chi connectivity index (χ1) is 11.0. The fourth-order valence-corrected chi connectivity index (χ4v) is 3.10. The average molecular weight is 311 g/mol. The largest absolute Gasteiger partial charge is 0.373 e. The predicted octanol–water partition coefficient (Wildman–Crippen LogP) is 2.37. The van der Waals surface area contributed by atoms with Crippen LogP contribution < -0.4 is 5.32 Å². The molecular formula is C17H21N5O. The van der Waals surface area contributed by atoms with Crippen molar-refractivity contribution in [2.75, 3.05) is 18.9 Å². The summed E-state index contributed by atoms with van der Waals surface area (Å²) in [6.45, 7) is 4.69. The summed E-state index contributed by atoms with van der Waals surface area (Å²) >= 11 is 0. The summed E-state index contributed by atoms with van der Waals surface area (Å²) in [6, 6.07) is 5.47. The van der Waals surface area contributed by atoms with E-state index in [1.807, 2.05) is 31.9 Å². The van der Waals surface area contributed by atoms with Crippen LogP contribution in [-0.2, 0) is 5.54 Å². The van der Waals surface area contributed by atoms with Crippen LogP contribution in [0.5, 0.6) is 0 Å². The van der Waals surface area contributed by atoms with Gasteiger partial charge in [0.2, 0.25) is 0 Å². The van der Waals surface area contributed by atoms with Gasteiger partial charge >= 0.3 is 0 Å². The van der Waals surface area contributed by atoms with E-state index in [0.717, 1.165) is 24.4 Å². The van der Waals surface area contributed by atoms with E-state index in [-0.39, 0.29) is 5.91 Å². The van der Waals surface area contributed by atoms with Crippen molar-refractivity contribution in [3.63, 3.8) is 0 Å². The average Bonchev–Trinajstić information content (AvgIpc) is 2.97. The maximum atomic E-state index is 12.9. The molecule has 0 saturated carbocycles. The first kappa shape index (κ1) is 15.4. The molecule has 1 aliphatic heterocycles. The van der Waals surface area contributed by atoms with Gasteiger partial charge in [-0.05, 0) is 38.8 Å². The number of hydrogen-bond acceptors (Lipinski definition) is 5. The summed E-state index contributed by atoms with van der Waals surface area (Å²) in [5.41, 5.74) is 0.994. The Balaban J connectivity index is 2.00. The third kappa shape index (κ3) is 2.76. The molecule has 1 amide bonds. The van der Waals surface area contributed by atoms with Crippen molar-refractivity contribution in [1.82, 2.24) is 19.9 Å². The zero-order valence-corrected chi connectivity index (χ0v) is 13.7. The molecule has 2 aromatic rings. The molecule has 1 N–H and O–H groups in total. The third-order valence-electron chi connectivity index (χ3n) is 4.39. The summed E-state index contributed by atoms with van der Waals surface area (Å²) in [6.07, 6.45) is 5.07. The van der Waals surface area contributed by atoms with E-state index < -0.39 is 5.54 Å². The molecule has 2 aromatic heterocycles. The molecule has 0 aliphatic carbocycles. The number of nitrogens with zero attached hydrogens (tertiary/aromatic N) is 4. The molecule has 0 radical (unpaired) electrons. The molecule has 3 rings (SSSR count). The number of amides is 1. The Labute approximate surface area is 136 Å². The first-order valence-corrected chi connectivity index (χ1v) is 7.80. The lowest BCUT2D eigenvalue weighted by atomic mass is 9.96. The van der Waals surface area contributed by atoms with Crippen LogP contribution in [0.1, 0.15) is 41.6 Å². The maximum Gasteiger partial charge on any atom is 0.256 e. The van der Waals surface area contributed by atoms with Gasteiger partial charge in [-0.3, -0.25) is 9.78 Å². The normalized spacial score (nSPS) is 20.6. The van der Waals surface area contributed by atoms with Gasteiger partial charge in [0, 0.05) is 37.7 Å². The Morgan fingerprint density at radius 1 is 1.39 bits per heavy atom. The number of rotatable bonds is 3. The van der Waals surface area contributed by atoms with Crippen LogP contribution in [0.15, 0.2) is 30.6 Å². The van der Waals surface area contributed by atoms with Gasteiger partial charge in [-0.15, -0.1) is 0 Å². The number of likely N-dealkylation sites (tertiary alicyclic amines) is 1. The highest BCUT2D eigenvalue weighted by molar-refractivity contribution is 5.94. The highest BCUT2D eigenvalue weighted by Crippen LogP contribution is 2.38. The number of nitrogens with one attached hydrogen (secondary N) is 1. The third-order valence-corrected chi connectivity index (χ3v) is 4.39. The van der Waals surface area contributed by atoms with Gasteiger partial charge < -0.3 is 10.2 Å². The summed E-state index contributed by atoms with van der Waals surface area (Å²) in [5, 5.41) is 3.06. The number of carbonyl (C=O) groups is 1. The van der Waals surface area contributed by atoms with Gasteiger partial charge in [-0.25, -0.2) is 9.97 Å². The summed E-state index contributed by atoms with van der Waals surface area (Å²) in [4.78, 5) is 28.0. The Morgan fingerprint density at radius 3 is 2.91 bits per heavy atom. The molecule has 3 heterocycles. The standard InChI is InChI=1S/C17H21N5O/c1-12-10-14(18-3)21-16(20-12)17(2)7-5-9-22(17)15(23)13-6-4-8-19-11-13/h4,6,8,10-11H,5,7,9H2,1-3H3,(H,18,20,21). The van der Waals surface area contributed by atoms with Crippen molar-refractivity contribution >= 4 is 11.7 Å². The van der Waals surface area contributed by atoms with Crippen LogP contribution in [0.4, 0.5) is 5.82 Å². The lowest BCUT2D eigenvalue weighted by Crippen LogP contribution is -2.44. The number of aryl methyl sites for hydroxylation is 1. The second-order valence-corrected chi connectivity index (χ2v) is 6.04. The monoisotopic (exact) mass is 311 g/mol. The minimum absolute atomic E-state index is 0.0192. The molecule has 6 nitrogen and oxygen atoms in total. The Bertz CT molecular complexity index is 718. The van der Waals surface area contributed by atoms with Crippen molar-refractivity contribution < 1.29 is 4.79 Å². The molecular weight excluding hydrogens is 290 g/mol. The zero-order valence-electron chi connectivity index (χ0n) is 13.7. The molecule has 23 heavy (non-hydrogen) atoms. The zero-order chi connectivity index (χ0) is 16.4. The SMILES string of the molecule is CNc1cc(C)nc(C2(C)CCCN2C(=O)c2cccnc2)n1. The van der Waals surface area contributed by atoms with Crippen LogP contribution in [0.2, 0.25) is 0 Å². The second kappa shape index (κ2) is 5.95. The quantitative estimate of drug-likeness (QED) is 0.942. The number of aromatic nitrogens is 3. The van der Waals surface area contributed by atoms with Gasteiger partial charge in [-0.1, -0.05) is 0 Å². The first-order valence-electron chi connectivity index (χ1n) is 7.80.